The number of halogens is 3. The fraction of sp³-hybridized carbons (Fsp3) is 0.100. The minimum absolute atomic E-state index is 0.362. The van der Waals surface area contributed by atoms with Crippen LogP contribution in [0, 0.1) is 0 Å². The molecule has 16 heavy (non-hydrogen) atoms. The first-order valence-electron chi connectivity index (χ1n) is 4.37. The summed E-state index contributed by atoms with van der Waals surface area (Å²) in [6, 6.07) is 2.24. The highest BCUT2D eigenvalue weighted by Gasteiger charge is 2.30. The van der Waals surface area contributed by atoms with Gasteiger partial charge in [0.2, 0.25) is 0 Å². The van der Waals surface area contributed by atoms with E-state index in [2.05, 4.69) is 15.0 Å². The lowest BCUT2D eigenvalue weighted by atomic mass is 10.2. The Morgan fingerprint density at radius 3 is 2.19 bits per heavy atom. The third-order valence-corrected chi connectivity index (χ3v) is 1.92. The van der Waals surface area contributed by atoms with E-state index in [1.807, 2.05) is 0 Å². The highest BCUT2D eigenvalue weighted by Crippen LogP contribution is 2.29. The minimum atomic E-state index is -4.37. The number of aromatic nitrogens is 3. The second-order valence-corrected chi connectivity index (χ2v) is 3.02. The monoisotopic (exact) mass is 225 g/mol. The summed E-state index contributed by atoms with van der Waals surface area (Å²) in [5.74, 6) is 0. The largest absolute Gasteiger partial charge is 0.417 e. The topological polar surface area (TPSA) is 38.7 Å². The summed E-state index contributed by atoms with van der Waals surface area (Å²) in [6.45, 7) is 0. The Kier molecular flexibility index (Phi) is 2.55. The molecule has 0 bridgehead atoms. The fourth-order valence-electron chi connectivity index (χ4n) is 1.14. The molecule has 0 atom stereocenters. The third-order valence-electron chi connectivity index (χ3n) is 1.92. The molecule has 0 N–H and O–H groups in total. The molecule has 0 saturated carbocycles. The zero-order valence-corrected chi connectivity index (χ0v) is 7.94. The highest BCUT2D eigenvalue weighted by molar-refractivity contribution is 5.52. The third kappa shape index (κ3) is 2.16. The predicted octanol–water partition coefficient (Wildman–Crippen LogP) is 2.56. The lowest BCUT2D eigenvalue weighted by molar-refractivity contribution is -0.137. The molecule has 2 rings (SSSR count). The van der Waals surface area contributed by atoms with Gasteiger partial charge in [-0.3, -0.25) is 15.0 Å². The Balaban J connectivity index is 2.34. The van der Waals surface area contributed by atoms with Gasteiger partial charge in [0.25, 0.3) is 0 Å². The minimum Gasteiger partial charge on any atom is -0.261 e. The molecule has 0 aliphatic carbocycles. The van der Waals surface area contributed by atoms with E-state index in [1.54, 1.807) is 0 Å². The molecule has 0 aliphatic rings. The van der Waals surface area contributed by atoms with Crippen molar-refractivity contribution in [1.29, 1.82) is 0 Å². The van der Waals surface area contributed by atoms with Crippen LogP contribution in [0.5, 0.6) is 0 Å². The van der Waals surface area contributed by atoms with Gasteiger partial charge in [0.1, 0.15) is 5.69 Å². The SMILES string of the molecule is FC(F)(F)c1ccc(-c2cnccn2)nc1. The average molecular weight is 225 g/mol. The quantitative estimate of drug-likeness (QED) is 0.748. The van der Waals surface area contributed by atoms with Crippen LogP contribution in [0.15, 0.2) is 36.9 Å². The van der Waals surface area contributed by atoms with Gasteiger partial charge >= 0.3 is 6.18 Å². The van der Waals surface area contributed by atoms with Crippen LogP contribution in [0.4, 0.5) is 13.2 Å². The summed E-state index contributed by atoms with van der Waals surface area (Å²) in [4.78, 5) is 11.4. The molecule has 0 unspecified atom stereocenters. The van der Waals surface area contributed by atoms with E-state index in [-0.39, 0.29) is 0 Å². The van der Waals surface area contributed by atoms with E-state index in [4.69, 9.17) is 0 Å². The van der Waals surface area contributed by atoms with Gasteiger partial charge in [-0.2, -0.15) is 13.2 Å². The van der Waals surface area contributed by atoms with Crippen molar-refractivity contribution in [1.82, 2.24) is 15.0 Å². The Labute approximate surface area is 89.0 Å². The van der Waals surface area contributed by atoms with E-state index in [9.17, 15) is 13.2 Å². The molecule has 0 radical (unpaired) electrons. The summed E-state index contributed by atoms with van der Waals surface area (Å²) in [6.07, 6.45) is 0.787. The second-order valence-electron chi connectivity index (χ2n) is 3.02. The Morgan fingerprint density at radius 1 is 0.875 bits per heavy atom. The van der Waals surface area contributed by atoms with Gasteiger partial charge in [0.05, 0.1) is 17.5 Å². The maximum Gasteiger partial charge on any atom is 0.417 e. The first-order chi connectivity index (χ1) is 7.57. The molecule has 2 aromatic heterocycles. The number of nitrogens with zero attached hydrogens (tertiary/aromatic N) is 3. The van der Waals surface area contributed by atoms with Gasteiger partial charge in [-0.05, 0) is 12.1 Å². The number of rotatable bonds is 1. The first-order valence-corrected chi connectivity index (χ1v) is 4.37. The molecule has 0 aliphatic heterocycles. The zero-order valence-electron chi connectivity index (χ0n) is 7.94. The summed E-state index contributed by atoms with van der Waals surface area (Å²) in [5, 5.41) is 0. The van der Waals surface area contributed by atoms with Gasteiger partial charge in [0, 0.05) is 18.6 Å². The van der Waals surface area contributed by atoms with Gasteiger partial charge in [-0.1, -0.05) is 0 Å². The molecule has 0 saturated heterocycles. The van der Waals surface area contributed by atoms with Crippen molar-refractivity contribution in [3.63, 3.8) is 0 Å². The van der Waals surface area contributed by atoms with Gasteiger partial charge in [-0.25, -0.2) is 0 Å². The van der Waals surface area contributed by atoms with Crippen LogP contribution in [0.25, 0.3) is 11.4 Å². The molecule has 3 nitrogen and oxygen atoms in total. The zero-order chi connectivity index (χ0) is 11.6. The first kappa shape index (κ1) is 10.5. The number of hydrogen-bond acceptors (Lipinski definition) is 3. The summed E-state index contributed by atoms with van der Waals surface area (Å²) >= 11 is 0. The van der Waals surface area contributed by atoms with Crippen molar-refractivity contribution < 1.29 is 13.2 Å². The van der Waals surface area contributed by atoms with Crippen molar-refractivity contribution in [3.05, 3.63) is 42.5 Å². The molecule has 2 heterocycles. The van der Waals surface area contributed by atoms with Crippen molar-refractivity contribution in [2.45, 2.75) is 6.18 Å². The second kappa shape index (κ2) is 3.88. The number of hydrogen-bond donors (Lipinski definition) is 0. The van der Waals surface area contributed by atoms with Crippen LogP contribution in [-0.4, -0.2) is 15.0 Å². The van der Waals surface area contributed by atoms with E-state index < -0.39 is 11.7 Å². The van der Waals surface area contributed by atoms with Crippen LogP contribution in [0.3, 0.4) is 0 Å². The molecule has 0 amide bonds. The molecule has 6 heteroatoms. The molecule has 0 aromatic carbocycles. The predicted molar refractivity (Wildman–Crippen MR) is 50.3 cm³/mol. The van der Waals surface area contributed by atoms with Gasteiger partial charge in [-0.15, -0.1) is 0 Å². The molecular weight excluding hydrogens is 219 g/mol. The lowest BCUT2D eigenvalue weighted by Crippen LogP contribution is -2.05. The van der Waals surface area contributed by atoms with Crippen molar-refractivity contribution in [2.75, 3.05) is 0 Å². The fourth-order valence-corrected chi connectivity index (χ4v) is 1.14. The van der Waals surface area contributed by atoms with E-state index in [1.165, 1.54) is 24.7 Å². The van der Waals surface area contributed by atoms with E-state index in [0.717, 1.165) is 12.3 Å². The van der Waals surface area contributed by atoms with E-state index >= 15 is 0 Å². The Morgan fingerprint density at radius 2 is 1.69 bits per heavy atom. The molecular formula is C10H6F3N3. The highest BCUT2D eigenvalue weighted by atomic mass is 19.4. The summed E-state index contributed by atoms with van der Waals surface area (Å²) in [5.41, 5.74) is 0.0254. The lowest BCUT2D eigenvalue weighted by Gasteiger charge is -2.06. The van der Waals surface area contributed by atoms with Crippen LogP contribution >= 0.6 is 0 Å². The number of alkyl halides is 3. The molecule has 82 valence electrons. The van der Waals surface area contributed by atoms with Crippen LogP contribution in [0.1, 0.15) is 5.56 Å². The average Bonchev–Trinajstić information content (AvgIpc) is 2.29. The maximum atomic E-state index is 12.3. The smallest absolute Gasteiger partial charge is 0.261 e. The van der Waals surface area contributed by atoms with Gasteiger partial charge < -0.3 is 0 Å². The molecule has 0 fully saturated rings. The van der Waals surface area contributed by atoms with Crippen molar-refractivity contribution >= 4 is 0 Å². The standard InChI is InChI=1S/C10H6F3N3/c11-10(12,13)7-1-2-8(16-5-7)9-6-14-3-4-15-9/h1-6H. The Hall–Kier alpha value is -1.98. The van der Waals surface area contributed by atoms with E-state index in [0.29, 0.717) is 11.4 Å². The normalized spacial score (nSPS) is 11.4. The maximum absolute atomic E-state index is 12.3. The Bertz CT molecular complexity index is 465. The van der Waals surface area contributed by atoms with Crippen molar-refractivity contribution in [2.24, 2.45) is 0 Å². The summed E-state index contributed by atoms with van der Waals surface area (Å²) in [7, 11) is 0. The van der Waals surface area contributed by atoms with Crippen molar-refractivity contribution in [3.8, 4) is 11.4 Å². The number of pyridine rings is 1. The van der Waals surface area contributed by atoms with Crippen LogP contribution in [-0.2, 0) is 6.18 Å². The van der Waals surface area contributed by atoms with Gasteiger partial charge in [0.15, 0.2) is 0 Å². The van der Waals surface area contributed by atoms with Crippen LogP contribution < -0.4 is 0 Å². The summed E-state index contributed by atoms with van der Waals surface area (Å²) < 4.78 is 36.8. The molecule has 0 spiro atoms. The molecule has 2 aromatic rings. The van der Waals surface area contributed by atoms with Crippen LogP contribution in [0.2, 0.25) is 0 Å².